The number of carbonyl (C=O) groups is 1. The van der Waals surface area contributed by atoms with E-state index in [1.807, 2.05) is 19.1 Å². The van der Waals surface area contributed by atoms with Crippen LogP contribution in [0.3, 0.4) is 0 Å². The third-order valence-electron chi connectivity index (χ3n) is 4.83. The molecule has 2 atom stereocenters. The van der Waals surface area contributed by atoms with Gasteiger partial charge in [0.15, 0.2) is 6.54 Å². The number of aryl methyl sites for hydroxylation is 1. The van der Waals surface area contributed by atoms with Crippen LogP contribution in [0, 0.1) is 13.8 Å². The Bertz CT molecular complexity index is 694. The molecule has 1 aliphatic rings. The Balaban J connectivity index is 1.63. The highest BCUT2D eigenvalue weighted by Crippen LogP contribution is 2.17. The highest BCUT2D eigenvalue weighted by Gasteiger charge is 2.24. The fraction of sp³-hybridized carbons (Fsp3) is 0.450. The van der Waals surface area contributed by atoms with Crippen LogP contribution < -0.4 is 10.2 Å². The lowest BCUT2D eigenvalue weighted by molar-refractivity contribution is -0.908. The van der Waals surface area contributed by atoms with Gasteiger partial charge in [-0.3, -0.25) is 4.79 Å². The maximum Gasteiger partial charge on any atom is 0.279 e. The Morgan fingerprint density at radius 3 is 2.92 bits per heavy atom. The molecule has 2 aromatic rings. The first-order chi connectivity index (χ1) is 12.1. The van der Waals surface area contributed by atoms with Crippen LogP contribution in [0.15, 0.2) is 35.7 Å². The van der Waals surface area contributed by atoms with Crippen molar-refractivity contribution in [2.45, 2.75) is 39.3 Å². The van der Waals surface area contributed by atoms with Crippen LogP contribution >= 0.6 is 11.3 Å². The summed E-state index contributed by atoms with van der Waals surface area (Å²) < 4.78 is 5.79. The smallest absolute Gasteiger partial charge is 0.279 e. The Morgan fingerprint density at radius 1 is 1.32 bits per heavy atom. The molecule has 1 amide bonds. The average molecular weight is 360 g/mol. The number of ether oxygens (including phenoxy) is 1. The molecular weight excluding hydrogens is 332 g/mol. The first-order valence-electron chi connectivity index (χ1n) is 8.95. The number of hydrogen-bond acceptors (Lipinski definition) is 3. The van der Waals surface area contributed by atoms with E-state index in [4.69, 9.17) is 4.74 Å². The molecule has 1 saturated heterocycles. The second-order valence-corrected chi connectivity index (χ2v) is 7.85. The minimum absolute atomic E-state index is 0.0678. The Morgan fingerprint density at radius 2 is 2.20 bits per heavy atom. The number of hydrogen-bond donors (Lipinski definition) is 2. The van der Waals surface area contributed by atoms with Gasteiger partial charge in [-0.25, -0.2) is 0 Å². The third-order valence-corrected chi connectivity index (χ3v) is 5.71. The van der Waals surface area contributed by atoms with E-state index in [1.165, 1.54) is 15.3 Å². The van der Waals surface area contributed by atoms with Crippen LogP contribution in [-0.4, -0.2) is 31.7 Å². The summed E-state index contributed by atoms with van der Waals surface area (Å²) >= 11 is 1.75. The number of benzene rings is 1. The lowest BCUT2D eigenvalue weighted by Gasteiger charge is -2.22. The summed E-state index contributed by atoms with van der Waals surface area (Å²) in [6.45, 7) is 7.19. The van der Waals surface area contributed by atoms with E-state index in [1.54, 1.807) is 11.3 Å². The topological polar surface area (TPSA) is 42.8 Å². The average Bonchev–Trinajstić information content (AvgIpc) is 3.26. The molecule has 1 aromatic carbocycles. The third kappa shape index (κ3) is 5.14. The summed E-state index contributed by atoms with van der Waals surface area (Å²) in [5.41, 5.74) is 3.24. The highest BCUT2D eigenvalue weighted by molar-refractivity contribution is 7.09. The quantitative estimate of drug-likeness (QED) is 0.798. The van der Waals surface area contributed by atoms with E-state index in [0.29, 0.717) is 6.54 Å². The van der Waals surface area contributed by atoms with Crippen molar-refractivity contribution in [1.29, 1.82) is 0 Å². The number of quaternary nitrogens is 1. The van der Waals surface area contributed by atoms with Crippen molar-refractivity contribution in [2.24, 2.45) is 0 Å². The minimum atomic E-state index is 0.0678. The van der Waals surface area contributed by atoms with Crippen molar-refractivity contribution >= 4 is 22.9 Å². The Kier molecular flexibility index (Phi) is 6.24. The van der Waals surface area contributed by atoms with Gasteiger partial charge in [-0.1, -0.05) is 18.2 Å². The lowest BCUT2D eigenvalue weighted by Crippen LogP contribution is -3.12. The predicted molar refractivity (Wildman–Crippen MR) is 102 cm³/mol. The zero-order valence-electron chi connectivity index (χ0n) is 15.0. The number of nitrogens with one attached hydrogen (secondary N) is 2. The maximum atomic E-state index is 12.6. The molecule has 1 aliphatic heterocycles. The molecule has 0 radical (unpaired) electrons. The molecule has 1 aromatic heterocycles. The van der Waals surface area contributed by atoms with E-state index in [9.17, 15) is 4.79 Å². The van der Waals surface area contributed by atoms with Gasteiger partial charge in [0.1, 0.15) is 19.2 Å². The fourth-order valence-electron chi connectivity index (χ4n) is 3.30. The molecule has 0 bridgehead atoms. The fourth-order valence-corrected chi connectivity index (χ4v) is 4.08. The standard InChI is InChI=1S/C20H26N2O2S/c1-15-6-3-9-19(16(15)2)21-20(23)14-22(12-17-7-4-10-24-17)13-18-8-5-11-25-18/h3,5-6,8-9,11,17H,4,7,10,12-14H2,1-2H3,(H,21,23)/p+1/t17-/m1/s1. The molecule has 1 fully saturated rings. The van der Waals surface area contributed by atoms with Crippen molar-refractivity contribution in [3.8, 4) is 0 Å². The zero-order chi connectivity index (χ0) is 17.6. The molecule has 2 N–H and O–H groups in total. The van der Waals surface area contributed by atoms with E-state index < -0.39 is 0 Å². The zero-order valence-corrected chi connectivity index (χ0v) is 15.8. The van der Waals surface area contributed by atoms with Crippen LogP contribution in [-0.2, 0) is 16.1 Å². The maximum absolute atomic E-state index is 12.6. The van der Waals surface area contributed by atoms with Gasteiger partial charge < -0.3 is 15.0 Å². The molecule has 5 heteroatoms. The van der Waals surface area contributed by atoms with Crippen molar-refractivity contribution in [2.75, 3.05) is 25.0 Å². The summed E-state index contributed by atoms with van der Waals surface area (Å²) in [5.74, 6) is 0.0678. The van der Waals surface area contributed by atoms with Gasteiger partial charge >= 0.3 is 0 Å². The number of thiophene rings is 1. The molecule has 2 heterocycles. The van der Waals surface area contributed by atoms with Crippen molar-refractivity contribution in [3.05, 3.63) is 51.7 Å². The van der Waals surface area contributed by atoms with Gasteiger partial charge in [-0.2, -0.15) is 0 Å². The monoisotopic (exact) mass is 359 g/mol. The van der Waals surface area contributed by atoms with Gasteiger partial charge in [0.05, 0.1) is 4.88 Å². The lowest BCUT2D eigenvalue weighted by atomic mass is 10.1. The summed E-state index contributed by atoms with van der Waals surface area (Å²) in [5, 5.41) is 5.18. The predicted octanol–water partition coefficient (Wildman–Crippen LogP) is 2.57. The number of rotatable bonds is 7. The van der Waals surface area contributed by atoms with Crippen LogP contribution in [0.1, 0.15) is 28.8 Å². The van der Waals surface area contributed by atoms with E-state index in [2.05, 4.69) is 35.8 Å². The van der Waals surface area contributed by atoms with Crippen LogP contribution in [0.5, 0.6) is 0 Å². The molecule has 4 nitrogen and oxygen atoms in total. The van der Waals surface area contributed by atoms with Crippen molar-refractivity contribution in [1.82, 2.24) is 0 Å². The molecule has 0 aliphatic carbocycles. The molecule has 0 spiro atoms. The molecular formula is C20H27N2O2S+. The first kappa shape index (κ1) is 18.1. The van der Waals surface area contributed by atoms with Crippen molar-refractivity contribution < 1.29 is 14.4 Å². The Labute approximate surface area is 153 Å². The SMILES string of the molecule is Cc1cccc(NC(=O)C[NH+](Cc2cccs2)C[C@H]2CCCO2)c1C. The number of carbonyl (C=O) groups excluding carboxylic acids is 1. The van der Waals surface area contributed by atoms with Crippen molar-refractivity contribution in [3.63, 3.8) is 0 Å². The molecule has 0 saturated carbocycles. The molecule has 134 valence electrons. The van der Waals surface area contributed by atoms with Gasteiger partial charge in [0, 0.05) is 12.3 Å². The van der Waals surface area contributed by atoms with Gasteiger partial charge in [0.25, 0.3) is 5.91 Å². The molecule has 1 unspecified atom stereocenters. The summed E-state index contributed by atoms with van der Waals surface area (Å²) in [4.78, 5) is 15.2. The van der Waals surface area contributed by atoms with E-state index in [-0.39, 0.29) is 12.0 Å². The second kappa shape index (κ2) is 8.61. The molecule has 25 heavy (non-hydrogen) atoms. The highest BCUT2D eigenvalue weighted by atomic mass is 32.1. The minimum Gasteiger partial charge on any atom is -0.372 e. The van der Waals surface area contributed by atoms with Crippen LogP contribution in [0.4, 0.5) is 5.69 Å². The van der Waals surface area contributed by atoms with Gasteiger partial charge in [-0.05, 0) is 55.3 Å². The van der Waals surface area contributed by atoms with E-state index in [0.717, 1.165) is 43.8 Å². The molecule has 3 rings (SSSR count). The normalized spacial score (nSPS) is 18.2. The summed E-state index contributed by atoms with van der Waals surface area (Å²) in [6.07, 6.45) is 2.52. The van der Waals surface area contributed by atoms with Crippen LogP contribution in [0.2, 0.25) is 0 Å². The number of anilines is 1. The summed E-state index contributed by atoms with van der Waals surface area (Å²) in [7, 11) is 0. The van der Waals surface area contributed by atoms with Gasteiger partial charge in [-0.15, -0.1) is 11.3 Å². The summed E-state index contributed by atoms with van der Waals surface area (Å²) in [6, 6.07) is 10.2. The van der Waals surface area contributed by atoms with E-state index >= 15 is 0 Å². The van der Waals surface area contributed by atoms with Crippen LogP contribution in [0.25, 0.3) is 0 Å². The first-order valence-corrected chi connectivity index (χ1v) is 9.83. The largest absolute Gasteiger partial charge is 0.372 e. The van der Waals surface area contributed by atoms with Gasteiger partial charge in [0.2, 0.25) is 0 Å². The number of amides is 1. The second-order valence-electron chi connectivity index (χ2n) is 6.82. The Hall–Kier alpha value is -1.69.